The predicted molar refractivity (Wildman–Crippen MR) is 75.5 cm³/mol. The molecular formula is C14H21ClN2. The Morgan fingerprint density at radius 3 is 2.94 bits per heavy atom. The molecule has 3 N–H and O–H groups in total. The van der Waals surface area contributed by atoms with E-state index in [0.29, 0.717) is 5.02 Å². The zero-order valence-electron chi connectivity index (χ0n) is 10.4. The Balaban J connectivity index is 1.88. The van der Waals surface area contributed by atoms with Gasteiger partial charge in [-0.2, -0.15) is 0 Å². The normalized spacial score (nSPS) is 24.6. The summed E-state index contributed by atoms with van der Waals surface area (Å²) in [4.78, 5) is 0. The maximum atomic E-state index is 5.92. The second-order valence-electron chi connectivity index (χ2n) is 5.25. The van der Waals surface area contributed by atoms with Crippen LogP contribution in [0.25, 0.3) is 0 Å². The van der Waals surface area contributed by atoms with Gasteiger partial charge in [0.1, 0.15) is 0 Å². The van der Waals surface area contributed by atoms with Crippen molar-refractivity contribution >= 4 is 23.0 Å². The molecule has 0 amide bonds. The number of halogens is 1. The summed E-state index contributed by atoms with van der Waals surface area (Å²) in [6.45, 7) is 3.37. The Morgan fingerprint density at radius 2 is 2.24 bits per heavy atom. The van der Waals surface area contributed by atoms with Crippen LogP contribution >= 0.6 is 11.6 Å². The Bertz CT molecular complexity index is 378. The molecule has 0 saturated heterocycles. The minimum atomic E-state index is 0.694. The van der Waals surface area contributed by atoms with Gasteiger partial charge in [0, 0.05) is 11.6 Å². The molecule has 2 atom stereocenters. The number of anilines is 2. The Labute approximate surface area is 109 Å². The lowest BCUT2D eigenvalue weighted by atomic mass is 9.82. The molecule has 1 saturated carbocycles. The molecule has 0 aromatic heterocycles. The summed E-state index contributed by atoms with van der Waals surface area (Å²) in [6.07, 6.45) is 5.43. The number of hydrogen-bond acceptors (Lipinski definition) is 2. The van der Waals surface area contributed by atoms with Crippen molar-refractivity contribution in [1.82, 2.24) is 0 Å². The third kappa shape index (κ3) is 3.53. The Morgan fingerprint density at radius 1 is 1.41 bits per heavy atom. The third-order valence-corrected chi connectivity index (χ3v) is 3.87. The van der Waals surface area contributed by atoms with Gasteiger partial charge in [-0.05, 0) is 42.9 Å². The fourth-order valence-electron chi connectivity index (χ4n) is 2.69. The van der Waals surface area contributed by atoms with Crippen LogP contribution in [0.5, 0.6) is 0 Å². The van der Waals surface area contributed by atoms with Gasteiger partial charge in [-0.1, -0.05) is 31.4 Å². The first-order valence-electron chi connectivity index (χ1n) is 6.44. The summed E-state index contributed by atoms with van der Waals surface area (Å²) in [5, 5.41) is 4.14. The van der Waals surface area contributed by atoms with E-state index in [2.05, 4.69) is 12.2 Å². The number of nitrogens with one attached hydrogen (secondary N) is 1. The van der Waals surface area contributed by atoms with Crippen molar-refractivity contribution in [2.75, 3.05) is 17.6 Å². The highest BCUT2D eigenvalue weighted by molar-refractivity contribution is 6.31. The van der Waals surface area contributed by atoms with E-state index in [-0.39, 0.29) is 0 Å². The molecule has 0 bridgehead atoms. The van der Waals surface area contributed by atoms with Gasteiger partial charge in [-0.25, -0.2) is 0 Å². The standard InChI is InChI=1S/C14H21ClN2/c1-10-3-2-4-11(7-10)9-17-14-6-5-12(15)8-13(14)16/h5-6,8,10-11,17H,2-4,7,9,16H2,1H3. The van der Waals surface area contributed by atoms with Crippen molar-refractivity contribution in [2.45, 2.75) is 32.6 Å². The number of hydrogen-bond donors (Lipinski definition) is 2. The van der Waals surface area contributed by atoms with Crippen molar-refractivity contribution in [2.24, 2.45) is 11.8 Å². The van der Waals surface area contributed by atoms with Gasteiger partial charge in [0.05, 0.1) is 11.4 Å². The zero-order valence-corrected chi connectivity index (χ0v) is 11.1. The van der Waals surface area contributed by atoms with E-state index < -0.39 is 0 Å². The molecule has 2 nitrogen and oxygen atoms in total. The second-order valence-corrected chi connectivity index (χ2v) is 5.69. The van der Waals surface area contributed by atoms with Crippen molar-refractivity contribution in [3.05, 3.63) is 23.2 Å². The quantitative estimate of drug-likeness (QED) is 0.793. The van der Waals surface area contributed by atoms with Crippen LogP contribution in [0.15, 0.2) is 18.2 Å². The maximum absolute atomic E-state index is 5.92. The zero-order chi connectivity index (χ0) is 12.3. The Kier molecular flexibility index (Phi) is 4.16. The largest absolute Gasteiger partial charge is 0.397 e. The average molecular weight is 253 g/mol. The minimum Gasteiger partial charge on any atom is -0.397 e. The molecular weight excluding hydrogens is 232 g/mol. The second kappa shape index (κ2) is 5.63. The lowest BCUT2D eigenvalue weighted by Crippen LogP contribution is -2.21. The van der Waals surface area contributed by atoms with E-state index in [0.717, 1.165) is 29.8 Å². The first kappa shape index (κ1) is 12.6. The average Bonchev–Trinajstić information content (AvgIpc) is 2.28. The number of benzene rings is 1. The van der Waals surface area contributed by atoms with Gasteiger partial charge < -0.3 is 11.1 Å². The van der Waals surface area contributed by atoms with Crippen LogP contribution in [-0.2, 0) is 0 Å². The summed E-state index contributed by atoms with van der Waals surface area (Å²) in [5.74, 6) is 1.66. The highest BCUT2D eigenvalue weighted by Gasteiger charge is 2.18. The van der Waals surface area contributed by atoms with E-state index in [9.17, 15) is 0 Å². The molecule has 1 aromatic carbocycles. The smallest absolute Gasteiger partial charge is 0.0575 e. The molecule has 0 radical (unpaired) electrons. The molecule has 2 rings (SSSR count). The monoisotopic (exact) mass is 252 g/mol. The molecule has 0 heterocycles. The van der Waals surface area contributed by atoms with Gasteiger partial charge in [-0.3, -0.25) is 0 Å². The first-order valence-corrected chi connectivity index (χ1v) is 6.82. The molecule has 17 heavy (non-hydrogen) atoms. The molecule has 1 aliphatic carbocycles. The predicted octanol–water partition coefficient (Wildman–Crippen LogP) is 4.16. The lowest BCUT2D eigenvalue weighted by molar-refractivity contribution is 0.293. The van der Waals surface area contributed by atoms with E-state index in [1.54, 1.807) is 6.07 Å². The van der Waals surface area contributed by atoms with Gasteiger partial charge in [0.25, 0.3) is 0 Å². The van der Waals surface area contributed by atoms with Crippen LogP contribution in [-0.4, -0.2) is 6.54 Å². The van der Waals surface area contributed by atoms with Crippen molar-refractivity contribution in [1.29, 1.82) is 0 Å². The molecule has 94 valence electrons. The maximum Gasteiger partial charge on any atom is 0.0575 e. The number of rotatable bonds is 3. The van der Waals surface area contributed by atoms with Crippen molar-refractivity contribution in [3.8, 4) is 0 Å². The highest BCUT2D eigenvalue weighted by atomic mass is 35.5. The topological polar surface area (TPSA) is 38.0 Å². The molecule has 0 spiro atoms. The van der Waals surface area contributed by atoms with Gasteiger partial charge in [-0.15, -0.1) is 0 Å². The van der Waals surface area contributed by atoms with Crippen LogP contribution in [0.4, 0.5) is 11.4 Å². The van der Waals surface area contributed by atoms with E-state index in [4.69, 9.17) is 17.3 Å². The first-order chi connectivity index (χ1) is 8.15. The molecule has 1 fully saturated rings. The van der Waals surface area contributed by atoms with Crippen LogP contribution in [0, 0.1) is 11.8 Å². The fraction of sp³-hybridized carbons (Fsp3) is 0.571. The number of nitrogen functional groups attached to an aromatic ring is 1. The van der Waals surface area contributed by atoms with Gasteiger partial charge >= 0.3 is 0 Å². The molecule has 1 aliphatic rings. The molecule has 2 unspecified atom stereocenters. The SMILES string of the molecule is CC1CCCC(CNc2ccc(Cl)cc2N)C1. The third-order valence-electron chi connectivity index (χ3n) is 3.64. The molecule has 1 aromatic rings. The van der Waals surface area contributed by atoms with E-state index >= 15 is 0 Å². The van der Waals surface area contributed by atoms with E-state index in [1.165, 1.54) is 25.7 Å². The fourth-order valence-corrected chi connectivity index (χ4v) is 2.87. The van der Waals surface area contributed by atoms with Crippen LogP contribution in [0.3, 0.4) is 0 Å². The Hall–Kier alpha value is -0.890. The molecule has 3 heteroatoms. The minimum absolute atomic E-state index is 0.694. The summed E-state index contributed by atoms with van der Waals surface area (Å²) in [6, 6.07) is 5.64. The van der Waals surface area contributed by atoms with Crippen LogP contribution in [0.1, 0.15) is 32.6 Å². The highest BCUT2D eigenvalue weighted by Crippen LogP contribution is 2.29. The van der Waals surface area contributed by atoms with Gasteiger partial charge in [0.15, 0.2) is 0 Å². The van der Waals surface area contributed by atoms with Crippen molar-refractivity contribution < 1.29 is 0 Å². The summed E-state index contributed by atoms with van der Waals surface area (Å²) in [7, 11) is 0. The number of nitrogens with two attached hydrogens (primary N) is 1. The lowest BCUT2D eigenvalue weighted by Gasteiger charge is -2.27. The summed E-state index contributed by atoms with van der Waals surface area (Å²) in [5.41, 5.74) is 7.66. The molecule has 0 aliphatic heterocycles. The summed E-state index contributed by atoms with van der Waals surface area (Å²) >= 11 is 5.88. The summed E-state index contributed by atoms with van der Waals surface area (Å²) < 4.78 is 0. The van der Waals surface area contributed by atoms with Gasteiger partial charge in [0.2, 0.25) is 0 Å². The van der Waals surface area contributed by atoms with Crippen LogP contribution in [0.2, 0.25) is 5.02 Å². The van der Waals surface area contributed by atoms with Crippen molar-refractivity contribution in [3.63, 3.8) is 0 Å². The van der Waals surface area contributed by atoms with Crippen LogP contribution < -0.4 is 11.1 Å². The van der Waals surface area contributed by atoms with E-state index in [1.807, 2.05) is 12.1 Å².